The van der Waals surface area contributed by atoms with Gasteiger partial charge in [0, 0.05) is 33.1 Å². The van der Waals surface area contributed by atoms with E-state index < -0.39 is 0 Å². The van der Waals surface area contributed by atoms with Crippen molar-refractivity contribution in [1.82, 2.24) is 0 Å². The zero-order chi connectivity index (χ0) is 40.7. The van der Waals surface area contributed by atoms with E-state index in [-0.39, 0.29) is 0 Å². The van der Waals surface area contributed by atoms with Gasteiger partial charge < -0.3 is 13.7 Å². The number of aryl methyl sites for hydroxylation is 1. The van der Waals surface area contributed by atoms with Crippen molar-refractivity contribution in [2.45, 2.75) is 12.8 Å². The number of nitrogens with zero attached hydrogens (tertiary/aromatic N) is 1. The molecule has 0 bridgehead atoms. The van der Waals surface area contributed by atoms with Gasteiger partial charge in [-0.25, -0.2) is 0 Å². The van der Waals surface area contributed by atoms with Crippen molar-refractivity contribution < 1.29 is 8.83 Å². The molecule has 11 rings (SSSR count). The molecule has 0 amide bonds. The molecular weight excluding hydrogens is 743 g/mol. The molecular formula is C58H41NO2. The Hall–Kier alpha value is -7.88. The van der Waals surface area contributed by atoms with Crippen molar-refractivity contribution in [1.29, 1.82) is 0 Å². The van der Waals surface area contributed by atoms with E-state index in [0.717, 1.165) is 102 Å². The van der Waals surface area contributed by atoms with Gasteiger partial charge in [-0.3, -0.25) is 0 Å². The smallest absolute Gasteiger partial charge is 0.144 e. The molecule has 2 aromatic heterocycles. The second-order valence-electron chi connectivity index (χ2n) is 15.6. The minimum atomic E-state index is 0.827. The zero-order valence-corrected chi connectivity index (χ0v) is 33.6. The first kappa shape index (κ1) is 36.2. The van der Waals surface area contributed by atoms with Crippen LogP contribution in [-0.2, 0) is 6.42 Å². The van der Waals surface area contributed by atoms with Crippen LogP contribution in [0.25, 0.3) is 89.4 Å². The van der Waals surface area contributed by atoms with E-state index in [2.05, 4.69) is 187 Å². The van der Waals surface area contributed by atoms with Crippen molar-refractivity contribution in [2.24, 2.45) is 0 Å². The van der Waals surface area contributed by atoms with Gasteiger partial charge in [0.2, 0.25) is 0 Å². The highest BCUT2D eigenvalue weighted by Crippen LogP contribution is 2.46. The lowest BCUT2D eigenvalue weighted by Crippen LogP contribution is -2.10. The molecule has 0 saturated heterocycles. The Balaban J connectivity index is 1.11. The summed E-state index contributed by atoms with van der Waals surface area (Å²) in [7, 11) is 0. The first-order chi connectivity index (χ1) is 30.2. The molecule has 0 saturated carbocycles. The number of fused-ring (bicyclic) bond motifs is 7. The lowest BCUT2D eigenvalue weighted by molar-refractivity contribution is 0.668. The van der Waals surface area contributed by atoms with Crippen LogP contribution in [-0.4, -0.2) is 0 Å². The maximum absolute atomic E-state index is 6.91. The van der Waals surface area contributed by atoms with Crippen LogP contribution in [0.3, 0.4) is 0 Å². The molecule has 10 aromatic rings. The Morgan fingerprint density at radius 1 is 0.492 bits per heavy atom. The fraction of sp³-hybridized carbons (Fsp3) is 0.0345. The molecule has 0 spiro atoms. The summed E-state index contributed by atoms with van der Waals surface area (Å²) in [5.41, 5.74) is 17.1. The highest BCUT2D eigenvalue weighted by Gasteiger charge is 2.23. The molecule has 3 nitrogen and oxygen atoms in total. The Morgan fingerprint density at radius 2 is 1.15 bits per heavy atom. The normalized spacial score (nSPS) is 12.7. The lowest BCUT2D eigenvalue weighted by atomic mass is 9.93. The van der Waals surface area contributed by atoms with Crippen molar-refractivity contribution in [2.75, 3.05) is 4.90 Å². The van der Waals surface area contributed by atoms with Crippen LogP contribution in [0.15, 0.2) is 216 Å². The molecule has 0 N–H and O–H groups in total. The number of benzene rings is 8. The van der Waals surface area contributed by atoms with Crippen molar-refractivity contribution in [3.05, 3.63) is 224 Å². The largest absolute Gasteiger partial charge is 0.456 e. The van der Waals surface area contributed by atoms with Crippen LogP contribution >= 0.6 is 0 Å². The second-order valence-corrected chi connectivity index (χ2v) is 15.6. The molecule has 0 fully saturated rings. The number of furan rings is 2. The molecule has 0 aliphatic heterocycles. The summed E-state index contributed by atoms with van der Waals surface area (Å²) in [6, 6.07) is 60.8. The third-order valence-corrected chi connectivity index (χ3v) is 11.9. The van der Waals surface area contributed by atoms with Crippen LogP contribution in [0.4, 0.5) is 17.1 Å². The lowest BCUT2D eigenvalue weighted by Gasteiger charge is -2.27. The quantitative estimate of drug-likeness (QED) is 0.137. The van der Waals surface area contributed by atoms with E-state index in [4.69, 9.17) is 8.83 Å². The highest BCUT2D eigenvalue weighted by atomic mass is 16.3. The van der Waals surface area contributed by atoms with Gasteiger partial charge in [-0.2, -0.15) is 0 Å². The zero-order valence-electron chi connectivity index (χ0n) is 33.6. The molecule has 0 radical (unpaired) electrons. The monoisotopic (exact) mass is 783 g/mol. The minimum Gasteiger partial charge on any atom is -0.456 e. The number of rotatable bonds is 9. The van der Waals surface area contributed by atoms with E-state index in [1.807, 2.05) is 30.4 Å². The van der Waals surface area contributed by atoms with E-state index >= 15 is 0 Å². The summed E-state index contributed by atoms with van der Waals surface area (Å²) in [4.78, 5) is 2.36. The number of anilines is 3. The third-order valence-electron chi connectivity index (χ3n) is 11.9. The fourth-order valence-electron chi connectivity index (χ4n) is 8.86. The Morgan fingerprint density at radius 3 is 1.90 bits per heavy atom. The summed E-state index contributed by atoms with van der Waals surface area (Å²) in [6.45, 7) is 3.84. The predicted octanol–water partition coefficient (Wildman–Crippen LogP) is 16.7. The minimum absolute atomic E-state index is 0.827. The molecule has 8 aromatic carbocycles. The first-order valence-corrected chi connectivity index (χ1v) is 20.9. The average molecular weight is 784 g/mol. The van der Waals surface area contributed by atoms with Crippen LogP contribution in [0.5, 0.6) is 0 Å². The third kappa shape index (κ3) is 6.67. The number of hydrogen-bond donors (Lipinski definition) is 0. The van der Waals surface area contributed by atoms with Crippen LogP contribution in [0.2, 0.25) is 0 Å². The Bertz CT molecular complexity index is 3360. The van der Waals surface area contributed by atoms with Gasteiger partial charge in [-0.05, 0) is 130 Å². The maximum atomic E-state index is 6.91. The van der Waals surface area contributed by atoms with Crippen molar-refractivity contribution in [3.63, 3.8) is 0 Å². The van der Waals surface area contributed by atoms with E-state index in [1.165, 1.54) is 22.3 Å². The average Bonchev–Trinajstić information content (AvgIpc) is 3.90. The second kappa shape index (κ2) is 15.4. The predicted molar refractivity (Wildman–Crippen MR) is 258 cm³/mol. The van der Waals surface area contributed by atoms with Crippen LogP contribution in [0.1, 0.15) is 23.1 Å². The van der Waals surface area contributed by atoms with Gasteiger partial charge in [0.1, 0.15) is 22.3 Å². The topological polar surface area (TPSA) is 29.5 Å². The number of allylic oxidation sites excluding steroid dienone is 5. The SMILES string of the molecule is C=C/C=C\C=C\c1ccc(N(c2ccc(-c3ccc4c(c3)C=CCC4)cc2)c2ccc3oc4cc(-c5ccccc5)ccc4c3c2)c2c1oc1cc(-c3ccccc3)ccc12. The van der Waals surface area contributed by atoms with Gasteiger partial charge >= 0.3 is 0 Å². The van der Waals surface area contributed by atoms with Crippen molar-refractivity contribution >= 4 is 73.1 Å². The fourth-order valence-corrected chi connectivity index (χ4v) is 8.86. The molecule has 0 unspecified atom stereocenters. The molecule has 1 aliphatic rings. The summed E-state index contributed by atoms with van der Waals surface area (Å²) in [5, 5.41) is 4.23. The molecule has 290 valence electrons. The summed E-state index contributed by atoms with van der Waals surface area (Å²) >= 11 is 0. The molecule has 1 aliphatic carbocycles. The number of hydrogen-bond acceptors (Lipinski definition) is 3. The van der Waals surface area contributed by atoms with E-state index in [0.29, 0.717) is 0 Å². The molecule has 0 atom stereocenters. The van der Waals surface area contributed by atoms with Gasteiger partial charge in [-0.1, -0.05) is 146 Å². The summed E-state index contributed by atoms with van der Waals surface area (Å²) in [5.74, 6) is 0. The molecule has 61 heavy (non-hydrogen) atoms. The van der Waals surface area contributed by atoms with Crippen molar-refractivity contribution in [3.8, 4) is 33.4 Å². The first-order valence-electron chi connectivity index (χ1n) is 20.9. The Kier molecular flexibility index (Phi) is 9.13. The summed E-state index contributed by atoms with van der Waals surface area (Å²) in [6.07, 6.45) is 16.6. The molecule has 2 heterocycles. The Labute approximate surface area is 355 Å². The van der Waals surface area contributed by atoms with E-state index in [9.17, 15) is 0 Å². The van der Waals surface area contributed by atoms with Crippen LogP contribution in [0, 0.1) is 0 Å². The van der Waals surface area contributed by atoms with E-state index in [1.54, 1.807) is 6.08 Å². The van der Waals surface area contributed by atoms with Gasteiger partial charge in [0.05, 0.1) is 11.1 Å². The molecule has 3 heteroatoms. The standard InChI is InChI=1S/C58H41NO2/c1-2-3-4-7-19-43-27-33-53(57-51-32-26-47(37-56(51)61-58(43)57)40-16-10-6-11-17-40)59(48-28-23-42(24-29-48)45-22-21-41-18-12-13-20-44(41)35-45)49-30-34-54-52(38-49)50-31-25-46(36-55(50)60-54)39-14-8-5-9-15-39/h2-11,13-17,19-38H,1,12,18H2/b4-3-,19-7+. The summed E-state index contributed by atoms with van der Waals surface area (Å²) < 4.78 is 13.4. The van der Waals surface area contributed by atoms with Gasteiger partial charge in [-0.15, -0.1) is 0 Å². The highest BCUT2D eigenvalue weighted by molar-refractivity contribution is 6.16. The van der Waals surface area contributed by atoms with Gasteiger partial charge in [0.25, 0.3) is 0 Å². The van der Waals surface area contributed by atoms with Gasteiger partial charge in [0.15, 0.2) is 0 Å². The maximum Gasteiger partial charge on any atom is 0.144 e. The van der Waals surface area contributed by atoms with Crippen LogP contribution < -0.4 is 4.90 Å².